The van der Waals surface area contributed by atoms with Crippen LogP contribution >= 0.6 is 0 Å². The van der Waals surface area contributed by atoms with Crippen molar-refractivity contribution >= 4 is 28.6 Å². The minimum Gasteiger partial charge on any atom is -0.328 e. The van der Waals surface area contributed by atoms with Gasteiger partial charge >= 0.3 is 0 Å². The zero-order chi connectivity index (χ0) is 25.8. The van der Waals surface area contributed by atoms with E-state index in [4.69, 9.17) is 9.82 Å². The van der Waals surface area contributed by atoms with Crippen molar-refractivity contribution in [3.63, 3.8) is 0 Å². The zero-order valence-electron chi connectivity index (χ0n) is 21.7. The van der Waals surface area contributed by atoms with Gasteiger partial charge in [0.1, 0.15) is 11.2 Å². The Balaban J connectivity index is 1.44. The topological polar surface area (TPSA) is 101 Å². The number of carbonyl (C=O) groups excluding carboxylic acids is 1. The average Bonchev–Trinajstić information content (AvgIpc) is 2.93. The van der Waals surface area contributed by atoms with E-state index < -0.39 is 11.3 Å². The van der Waals surface area contributed by atoms with Crippen LogP contribution in [0.3, 0.4) is 0 Å². The Bertz CT molecular complexity index is 1290. The fraction of sp³-hybridized carbons (Fsp3) is 0.500. The molecular weight excluding hydrogens is 468 g/mol. The highest BCUT2D eigenvalue weighted by molar-refractivity contribution is 5.96. The number of nitrogens with zero attached hydrogens (tertiary/aromatic N) is 4. The lowest BCUT2D eigenvalue weighted by Gasteiger charge is -2.29. The first-order valence-electron chi connectivity index (χ1n) is 13.4. The van der Waals surface area contributed by atoms with E-state index in [0.29, 0.717) is 29.5 Å². The first kappa shape index (κ1) is 25.4. The summed E-state index contributed by atoms with van der Waals surface area (Å²) in [6, 6.07) is 8.67. The average molecular weight is 505 g/mol. The number of anilines is 2. The summed E-state index contributed by atoms with van der Waals surface area (Å²) >= 11 is 0. The normalized spacial score (nSPS) is 17.7. The molecule has 2 N–H and O–H groups in total. The predicted octanol–water partition coefficient (Wildman–Crippen LogP) is 4.53. The second kappa shape index (κ2) is 11.4. The van der Waals surface area contributed by atoms with Crippen LogP contribution in [0.15, 0.2) is 41.5 Å². The summed E-state index contributed by atoms with van der Waals surface area (Å²) in [5.41, 5.74) is 4.81. The molecular formula is C28H36N6O3. The van der Waals surface area contributed by atoms with Gasteiger partial charge in [0.2, 0.25) is 11.4 Å². The van der Waals surface area contributed by atoms with Gasteiger partial charge < -0.3 is 14.8 Å². The summed E-state index contributed by atoms with van der Waals surface area (Å²) in [5, 5.41) is 3.63. The third-order valence-electron chi connectivity index (χ3n) is 7.65. The molecule has 1 aliphatic heterocycles. The van der Waals surface area contributed by atoms with E-state index >= 15 is 0 Å². The molecule has 0 unspecified atom stereocenters. The van der Waals surface area contributed by atoms with E-state index in [-0.39, 0.29) is 11.6 Å². The van der Waals surface area contributed by atoms with Crippen molar-refractivity contribution < 1.29 is 9.63 Å². The van der Waals surface area contributed by atoms with Crippen LogP contribution in [0.1, 0.15) is 79.8 Å². The van der Waals surface area contributed by atoms with Crippen LogP contribution in [-0.4, -0.2) is 52.1 Å². The van der Waals surface area contributed by atoms with E-state index in [2.05, 4.69) is 52.0 Å². The van der Waals surface area contributed by atoms with Crippen molar-refractivity contribution in [1.82, 2.24) is 24.9 Å². The molecule has 1 aromatic carbocycles. The lowest BCUT2D eigenvalue weighted by molar-refractivity contribution is 0.0363. The number of pyridine rings is 1. The van der Waals surface area contributed by atoms with E-state index in [0.717, 1.165) is 44.5 Å². The van der Waals surface area contributed by atoms with Crippen molar-refractivity contribution in [3.05, 3.63) is 58.0 Å². The van der Waals surface area contributed by atoms with Gasteiger partial charge in [0.15, 0.2) is 0 Å². The minimum absolute atomic E-state index is 0.0420. The SMILES string of the molecule is CCONC(=O)c1cn(C2CCCCC2)c2nc(Nc3ccc(C4CCN(C)CC4)cc3)ncc2c1=O. The number of hydrogen-bond acceptors (Lipinski definition) is 7. The van der Waals surface area contributed by atoms with Crippen LogP contribution in [0.4, 0.5) is 11.6 Å². The highest BCUT2D eigenvalue weighted by atomic mass is 16.6. The molecule has 0 bridgehead atoms. The Labute approximate surface area is 217 Å². The van der Waals surface area contributed by atoms with Crippen molar-refractivity contribution in [2.24, 2.45) is 0 Å². The summed E-state index contributed by atoms with van der Waals surface area (Å²) in [7, 11) is 2.18. The molecule has 9 nitrogen and oxygen atoms in total. The number of amides is 1. The minimum atomic E-state index is -0.551. The number of fused-ring (bicyclic) bond motifs is 1. The van der Waals surface area contributed by atoms with Crippen LogP contribution in [-0.2, 0) is 4.84 Å². The van der Waals surface area contributed by atoms with E-state index in [1.54, 1.807) is 13.1 Å². The number of carbonyl (C=O) groups is 1. The molecule has 1 aliphatic carbocycles. The third-order valence-corrected chi connectivity index (χ3v) is 7.65. The molecule has 1 saturated heterocycles. The molecule has 196 valence electrons. The van der Waals surface area contributed by atoms with Gasteiger partial charge in [-0.25, -0.2) is 10.5 Å². The van der Waals surface area contributed by atoms with Crippen LogP contribution in [0.5, 0.6) is 0 Å². The van der Waals surface area contributed by atoms with Crippen LogP contribution in [0.2, 0.25) is 0 Å². The van der Waals surface area contributed by atoms with Gasteiger partial charge in [0.05, 0.1) is 12.0 Å². The molecule has 0 radical (unpaired) electrons. The van der Waals surface area contributed by atoms with Crippen LogP contribution in [0.25, 0.3) is 11.0 Å². The standard InChI is InChI=1S/C28H36N6O3/c1-3-37-32-27(36)24-18-34(22-7-5-4-6-8-22)26-23(25(24)35)17-29-28(31-26)30-21-11-9-19(10-12-21)20-13-15-33(2)16-14-20/h9-12,17-18,20,22H,3-8,13-16H2,1-2H3,(H,32,36)(H,29,30,31). The highest BCUT2D eigenvalue weighted by Gasteiger charge is 2.23. The summed E-state index contributed by atoms with van der Waals surface area (Å²) < 4.78 is 1.99. The quantitative estimate of drug-likeness (QED) is 0.456. The first-order chi connectivity index (χ1) is 18.0. The fourth-order valence-corrected chi connectivity index (χ4v) is 5.50. The van der Waals surface area contributed by atoms with E-state index in [1.807, 2.05) is 4.57 Å². The number of benzene rings is 1. The van der Waals surface area contributed by atoms with Gasteiger partial charge in [0.25, 0.3) is 5.91 Å². The molecule has 1 amide bonds. The second-order valence-electron chi connectivity index (χ2n) is 10.2. The van der Waals surface area contributed by atoms with Crippen molar-refractivity contribution in [3.8, 4) is 0 Å². The molecule has 0 spiro atoms. The van der Waals surface area contributed by atoms with E-state index in [9.17, 15) is 9.59 Å². The molecule has 1 saturated carbocycles. The number of rotatable bonds is 7. The Morgan fingerprint density at radius 3 is 2.51 bits per heavy atom. The Morgan fingerprint density at radius 1 is 1.08 bits per heavy atom. The lowest BCUT2D eigenvalue weighted by atomic mass is 9.89. The van der Waals surface area contributed by atoms with Gasteiger partial charge in [-0.05, 0) is 76.4 Å². The molecule has 37 heavy (non-hydrogen) atoms. The van der Waals surface area contributed by atoms with Crippen LogP contribution in [0, 0.1) is 0 Å². The number of nitrogens with one attached hydrogen (secondary N) is 2. The van der Waals surface area contributed by atoms with Crippen LogP contribution < -0.4 is 16.2 Å². The van der Waals surface area contributed by atoms with E-state index in [1.165, 1.54) is 31.0 Å². The second-order valence-corrected chi connectivity index (χ2v) is 10.2. The van der Waals surface area contributed by atoms with Crippen molar-refractivity contribution in [1.29, 1.82) is 0 Å². The molecule has 2 aromatic heterocycles. The summed E-state index contributed by atoms with van der Waals surface area (Å²) in [6.45, 7) is 4.35. The molecule has 2 aliphatic rings. The number of hydrogen-bond donors (Lipinski definition) is 2. The Morgan fingerprint density at radius 2 is 1.81 bits per heavy atom. The molecule has 5 rings (SSSR count). The summed E-state index contributed by atoms with van der Waals surface area (Å²) in [6.07, 6.45) is 10.9. The number of piperidine rings is 1. The fourth-order valence-electron chi connectivity index (χ4n) is 5.50. The summed E-state index contributed by atoms with van der Waals surface area (Å²) in [5.74, 6) is 0.474. The molecule has 9 heteroatoms. The maximum Gasteiger partial charge on any atom is 0.280 e. The number of aromatic nitrogens is 3. The maximum absolute atomic E-state index is 13.2. The monoisotopic (exact) mass is 504 g/mol. The van der Waals surface area contributed by atoms with Gasteiger partial charge in [-0.15, -0.1) is 0 Å². The largest absolute Gasteiger partial charge is 0.328 e. The van der Waals surface area contributed by atoms with Gasteiger partial charge in [-0.1, -0.05) is 31.4 Å². The zero-order valence-corrected chi connectivity index (χ0v) is 21.7. The van der Waals surface area contributed by atoms with Gasteiger partial charge in [-0.3, -0.25) is 14.4 Å². The Hall–Kier alpha value is -3.30. The third kappa shape index (κ3) is 5.67. The van der Waals surface area contributed by atoms with Gasteiger partial charge in [0, 0.05) is 24.1 Å². The predicted molar refractivity (Wildman–Crippen MR) is 144 cm³/mol. The number of hydroxylamine groups is 1. The highest BCUT2D eigenvalue weighted by Crippen LogP contribution is 2.31. The number of likely N-dealkylation sites (tertiary alicyclic amines) is 1. The lowest BCUT2D eigenvalue weighted by Crippen LogP contribution is -2.31. The maximum atomic E-state index is 13.2. The van der Waals surface area contributed by atoms with Crippen molar-refractivity contribution in [2.45, 2.75) is 63.8 Å². The molecule has 3 aromatic rings. The Kier molecular flexibility index (Phi) is 7.81. The molecule has 0 atom stereocenters. The summed E-state index contributed by atoms with van der Waals surface area (Å²) in [4.78, 5) is 42.5. The smallest absolute Gasteiger partial charge is 0.280 e. The van der Waals surface area contributed by atoms with Crippen molar-refractivity contribution in [2.75, 3.05) is 32.1 Å². The first-order valence-corrected chi connectivity index (χ1v) is 13.4. The molecule has 3 heterocycles. The van der Waals surface area contributed by atoms with Gasteiger partial charge in [-0.2, -0.15) is 4.98 Å². The molecule has 2 fully saturated rings.